The Morgan fingerprint density at radius 2 is 1.65 bits per heavy atom. The van der Waals surface area contributed by atoms with Crippen LogP contribution in [0.5, 0.6) is 0 Å². The number of nitrogens with zero attached hydrogens (tertiary/aromatic N) is 1. The third-order valence-electron chi connectivity index (χ3n) is 5.21. The first kappa shape index (κ1) is 21.1. The first-order valence-electron chi connectivity index (χ1n) is 9.58. The van der Waals surface area contributed by atoms with E-state index in [9.17, 15) is 14.4 Å². The minimum Gasteiger partial charge on any atom is -0.348 e. The fraction of sp³-hybridized carbons (Fsp3) is 0.125. The molecular formula is C24H18Cl2N2O3. The molecule has 0 saturated heterocycles. The average molecular weight is 453 g/mol. The number of hydrogen-bond donors (Lipinski definition) is 1. The second kappa shape index (κ2) is 8.17. The van der Waals surface area contributed by atoms with Crippen molar-refractivity contribution in [2.75, 3.05) is 4.90 Å². The standard InChI is InChI=1S/C24H18Cl2N2O3/c1-13-3-4-14(2)21(9-13)28-23(30)18-8-6-15(10-19(18)24(28)31)22(29)27-12-16-5-7-17(25)11-20(16)26/h3-11H,12H2,1-2H3,(H,27,29). The summed E-state index contributed by atoms with van der Waals surface area (Å²) in [6.07, 6.45) is 0. The SMILES string of the molecule is Cc1ccc(C)c(N2C(=O)c3ccc(C(=O)NCc4ccc(Cl)cc4Cl)cc3C2=O)c1. The van der Waals surface area contributed by atoms with E-state index < -0.39 is 11.8 Å². The summed E-state index contributed by atoms with van der Waals surface area (Å²) in [5, 5.41) is 3.74. The number of carbonyl (C=O) groups excluding carboxylic acids is 3. The van der Waals surface area contributed by atoms with E-state index >= 15 is 0 Å². The lowest BCUT2D eigenvalue weighted by atomic mass is 10.1. The van der Waals surface area contributed by atoms with Crippen LogP contribution in [-0.4, -0.2) is 17.7 Å². The highest BCUT2D eigenvalue weighted by Crippen LogP contribution is 2.32. The Hall–Kier alpha value is -3.15. The minimum absolute atomic E-state index is 0.202. The number of carbonyl (C=O) groups is 3. The molecule has 1 aliphatic heterocycles. The van der Waals surface area contributed by atoms with Crippen molar-refractivity contribution in [3.8, 4) is 0 Å². The molecule has 0 aliphatic carbocycles. The molecule has 7 heteroatoms. The molecule has 1 aliphatic rings. The van der Waals surface area contributed by atoms with Gasteiger partial charge in [0.2, 0.25) is 0 Å². The van der Waals surface area contributed by atoms with Crippen molar-refractivity contribution in [1.29, 1.82) is 0 Å². The molecule has 5 nitrogen and oxygen atoms in total. The number of hydrogen-bond acceptors (Lipinski definition) is 3. The Kier molecular flexibility index (Phi) is 5.56. The second-order valence-corrected chi connectivity index (χ2v) is 8.26. The molecule has 1 N–H and O–H groups in total. The second-order valence-electron chi connectivity index (χ2n) is 7.41. The number of amides is 3. The number of fused-ring (bicyclic) bond motifs is 1. The Morgan fingerprint density at radius 3 is 2.39 bits per heavy atom. The van der Waals surface area contributed by atoms with E-state index in [2.05, 4.69) is 5.32 Å². The van der Waals surface area contributed by atoms with Crippen molar-refractivity contribution < 1.29 is 14.4 Å². The predicted molar refractivity (Wildman–Crippen MR) is 121 cm³/mol. The minimum atomic E-state index is -0.441. The number of anilines is 1. The summed E-state index contributed by atoms with van der Waals surface area (Å²) < 4.78 is 0. The zero-order chi connectivity index (χ0) is 22.3. The predicted octanol–water partition coefficient (Wildman–Crippen LogP) is 5.34. The van der Waals surface area contributed by atoms with Crippen molar-refractivity contribution in [2.24, 2.45) is 0 Å². The number of halogens is 2. The van der Waals surface area contributed by atoms with Gasteiger partial charge < -0.3 is 5.32 Å². The number of nitrogens with one attached hydrogen (secondary N) is 1. The molecule has 0 fully saturated rings. The molecule has 3 aromatic carbocycles. The van der Waals surface area contributed by atoms with Gasteiger partial charge in [-0.05, 0) is 66.9 Å². The van der Waals surface area contributed by atoms with E-state index in [-0.39, 0.29) is 29.1 Å². The summed E-state index contributed by atoms with van der Waals surface area (Å²) in [6, 6.07) is 15.1. The summed E-state index contributed by atoms with van der Waals surface area (Å²) >= 11 is 12.0. The van der Waals surface area contributed by atoms with Crippen molar-refractivity contribution >= 4 is 46.6 Å². The largest absolute Gasteiger partial charge is 0.348 e. The monoisotopic (exact) mass is 452 g/mol. The Balaban J connectivity index is 1.58. The van der Waals surface area contributed by atoms with Gasteiger partial charge >= 0.3 is 0 Å². The van der Waals surface area contributed by atoms with Gasteiger partial charge in [-0.3, -0.25) is 14.4 Å². The molecule has 156 valence electrons. The van der Waals surface area contributed by atoms with E-state index in [0.717, 1.165) is 11.1 Å². The van der Waals surface area contributed by atoms with Gasteiger partial charge in [-0.2, -0.15) is 0 Å². The van der Waals surface area contributed by atoms with Gasteiger partial charge in [-0.25, -0.2) is 4.90 Å². The molecule has 0 saturated carbocycles. The molecule has 3 amide bonds. The van der Waals surface area contributed by atoms with Crippen LogP contribution in [-0.2, 0) is 6.54 Å². The summed E-state index contributed by atoms with van der Waals surface area (Å²) in [5.41, 5.74) is 3.80. The highest BCUT2D eigenvalue weighted by Gasteiger charge is 2.37. The molecule has 1 heterocycles. The van der Waals surface area contributed by atoms with Crippen LogP contribution in [0.25, 0.3) is 0 Å². The van der Waals surface area contributed by atoms with E-state index in [0.29, 0.717) is 21.3 Å². The van der Waals surface area contributed by atoms with Crippen LogP contribution in [0.15, 0.2) is 54.6 Å². The number of rotatable bonds is 4. The number of benzene rings is 3. The van der Waals surface area contributed by atoms with Crippen LogP contribution in [0.1, 0.15) is 47.8 Å². The van der Waals surface area contributed by atoms with Crippen LogP contribution >= 0.6 is 23.2 Å². The molecule has 3 aromatic rings. The zero-order valence-electron chi connectivity index (χ0n) is 16.8. The fourth-order valence-electron chi connectivity index (χ4n) is 3.50. The van der Waals surface area contributed by atoms with Crippen molar-refractivity contribution in [1.82, 2.24) is 5.32 Å². The molecule has 0 bridgehead atoms. The molecule has 0 aromatic heterocycles. The Bertz CT molecular complexity index is 1250. The summed E-state index contributed by atoms with van der Waals surface area (Å²) in [5.74, 6) is -1.21. The van der Waals surface area contributed by atoms with Gasteiger partial charge in [0, 0.05) is 22.2 Å². The van der Waals surface area contributed by atoms with Crippen molar-refractivity contribution in [3.05, 3.63) is 98.0 Å². The molecular weight excluding hydrogens is 435 g/mol. The van der Waals surface area contributed by atoms with E-state index in [1.165, 1.54) is 23.1 Å². The third kappa shape index (κ3) is 3.94. The Labute approximate surface area is 189 Å². The van der Waals surface area contributed by atoms with E-state index in [1.54, 1.807) is 24.3 Å². The maximum absolute atomic E-state index is 13.0. The third-order valence-corrected chi connectivity index (χ3v) is 5.80. The summed E-state index contributed by atoms with van der Waals surface area (Å²) in [7, 11) is 0. The molecule has 0 radical (unpaired) electrons. The van der Waals surface area contributed by atoms with Crippen molar-refractivity contribution in [2.45, 2.75) is 20.4 Å². The van der Waals surface area contributed by atoms with Gasteiger partial charge in [-0.15, -0.1) is 0 Å². The molecule has 4 rings (SSSR count). The molecule has 0 atom stereocenters. The quantitative estimate of drug-likeness (QED) is 0.543. The van der Waals surface area contributed by atoms with Crippen LogP contribution in [0.2, 0.25) is 10.0 Å². The summed E-state index contributed by atoms with van der Waals surface area (Å²) in [4.78, 5) is 39.8. The van der Waals surface area contributed by atoms with Gasteiger partial charge in [0.1, 0.15) is 0 Å². The van der Waals surface area contributed by atoms with Crippen LogP contribution in [0.4, 0.5) is 5.69 Å². The molecule has 0 unspecified atom stereocenters. The lowest BCUT2D eigenvalue weighted by Gasteiger charge is -2.17. The van der Waals surface area contributed by atoms with Crippen LogP contribution in [0, 0.1) is 13.8 Å². The van der Waals surface area contributed by atoms with Gasteiger partial charge in [0.05, 0.1) is 16.8 Å². The zero-order valence-corrected chi connectivity index (χ0v) is 18.3. The van der Waals surface area contributed by atoms with Gasteiger partial charge in [0.25, 0.3) is 17.7 Å². The highest BCUT2D eigenvalue weighted by atomic mass is 35.5. The lowest BCUT2D eigenvalue weighted by molar-refractivity contribution is 0.0923. The Morgan fingerprint density at radius 1 is 0.903 bits per heavy atom. The topological polar surface area (TPSA) is 66.5 Å². The molecule has 31 heavy (non-hydrogen) atoms. The van der Waals surface area contributed by atoms with E-state index in [1.807, 2.05) is 26.0 Å². The fourth-order valence-corrected chi connectivity index (χ4v) is 3.98. The van der Waals surface area contributed by atoms with Crippen LogP contribution in [0.3, 0.4) is 0 Å². The maximum atomic E-state index is 13.0. The first-order chi connectivity index (χ1) is 14.8. The smallest absolute Gasteiger partial charge is 0.266 e. The number of imide groups is 1. The van der Waals surface area contributed by atoms with Gasteiger partial charge in [0.15, 0.2) is 0 Å². The van der Waals surface area contributed by atoms with Crippen LogP contribution < -0.4 is 10.2 Å². The first-order valence-corrected chi connectivity index (χ1v) is 10.3. The lowest BCUT2D eigenvalue weighted by Crippen LogP contribution is -2.30. The number of aryl methyl sites for hydroxylation is 2. The normalized spacial score (nSPS) is 12.8. The summed E-state index contributed by atoms with van der Waals surface area (Å²) in [6.45, 7) is 3.95. The highest BCUT2D eigenvalue weighted by molar-refractivity contribution is 6.35. The van der Waals surface area contributed by atoms with Crippen molar-refractivity contribution in [3.63, 3.8) is 0 Å². The molecule has 0 spiro atoms. The van der Waals surface area contributed by atoms with E-state index in [4.69, 9.17) is 23.2 Å². The average Bonchev–Trinajstić information content (AvgIpc) is 2.99. The maximum Gasteiger partial charge on any atom is 0.266 e. The van der Waals surface area contributed by atoms with Gasteiger partial charge in [-0.1, -0.05) is 41.4 Å².